The zero-order valence-corrected chi connectivity index (χ0v) is 21.0. The van der Waals surface area contributed by atoms with E-state index in [1.165, 1.54) is 14.1 Å². The molecule has 2 aliphatic rings. The van der Waals surface area contributed by atoms with Crippen LogP contribution in [0.2, 0.25) is 0 Å². The Balaban J connectivity index is 1.96. The third-order valence-electron chi connectivity index (χ3n) is 7.08. The number of amides is 2. The standard InChI is InChI=1S/C24H36N2O12/c1-25-22(34)24(23(35)26-2,8-11-6-4-3-5-7-11)20-17(32)16(31)19(13(10-28)36-20)38-21-18(33)15(30)14(29)12(9-27)37-21/h3-7,12-21,27-33H,8-10H2,1-2H3,(H,25,34)(H,26,35)/t12-,13-,14-,15+,16-,17-,18-,19-,20-,21-/m1/s1. The molecule has 14 nitrogen and oxygen atoms in total. The van der Waals surface area contributed by atoms with E-state index < -0.39 is 91.7 Å². The van der Waals surface area contributed by atoms with Gasteiger partial charge in [-0.3, -0.25) is 9.59 Å². The highest BCUT2D eigenvalue weighted by molar-refractivity contribution is 6.06. The Morgan fingerprint density at radius 1 is 0.816 bits per heavy atom. The van der Waals surface area contributed by atoms with Gasteiger partial charge in [0.25, 0.3) is 0 Å². The van der Waals surface area contributed by atoms with Crippen LogP contribution in [-0.4, -0.2) is 136 Å². The smallest absolute Gasteiger partial charge is 0.238 e. The number of carbonyl (C=O) groups is 2. The highest BCUT2D eigenvalue weighted by atomic mass is 16.7. The predicted octanol–water partition coefficient (Wildman–Crippen LogP) is -4.63. The number of nitrogens with one attached hydrogen (secondary N) is 2. The van der Waals surface area contributed by atoms with E-state index in [0.717, 1.165) is 0 Å². The molecule has 0 aromatic heterocycles. The van der Waals surface area contributed by atoms with Crippen LogP contribution in [0.3, 0.4) is 0 Å². The molecule has 2 heterocycles. The fraction of sp³-hybridized carbons (Fsp3) is 0.667. The van der Waals surface area contributed by atoms with Gasteiger partial charge in [-0.05, 0) is 12.0 Å². The number of aliphatic hydroxyl groups excluding tert-OH is 7. The minimum atomic E-state index is -2.10. The van der Waals surface area contributed by atoms with Crippen LogP contribution in [0.5, 0.6) is 0 Å². The first-order valence-electron chi connectivity index (χ1n) is 12.1. The molecule has 2 saturated heterocycles. The van der Waals surface area contributed by atoms with E-state index in [0.29, 0.717) is 5.56 Å². The summed E-state index contributed by atoms with van der Waals surface area (Å²) in [7, 11) is 2.59. The molecule has 0 aliphatic carbocycles. The third-order valence-corrected chi connectivity index (χ3v) is 7.08. The summed E-state index contributed by atoms with van der Waals surface area (Å²) in [4.78, 5) is 26.6. The van der Waals surface area contributed by atoms with Gasteiger partial charge >= 0.3 is 0 Å². The van der Waals surface area contributed by atoms with Gasteiger partial charge in [-0.15, -0.1) is 0 Å². The van der Waals surface area contributed by atoms with Crippen molar-refractivity contribution in [1.29, 1.82) is 0 Å². The van der Waals surface area contributed by atoms with Crippen LogP contribution in [0, 0.1) is 5.41 Å². The number of hydrogen-bond acceptors (Lipinski definition) is 12. The lowest BCUT2D eigenvalue weighted by Gasteiger charge is -2.49. The van der Waals surface area contributed by atoms with Crippen molar-refractivity contribution in [3.63, 3.8) is 0 Å². The zero-order valence-electron chi connectivity index (χ0n) is 21.0. The molecule has 14 heteroatoms. The van der Waals surface area contributed by atoms with Crippen LogP contribution >= 0.6 is 0 Å². The molecule has 3 rings (SSSR count). The van der Waals surface area contributed by atoms with Crippen molar-refractivity contribution in [2.24, 2.45) is 5.41 Å². The molecule has 0 radical (unpaired) electrons. The van der Waals surface area contributed by atoms with Crippen LogP contribution in [0.15, 0.2) is 30.3 Å². The maximum absolute atomic E-state index is 13.3. The van der Waals surface area contributed by atoms with E-state index in [2.05, 4.69) is 10.6 Å². The van der Waals surface area contributed by atoms with Crippen molar-refractivity contribution < 1.29 is 59.5 Å². The topological polar surface area (TPSA) is 227 Å². The highest BCUT2D eigenvalue weighted by Gasteiger charge is 2.61. The molecule has 2 aliphatic heterocycles. The predicted molar refractivity (Wildman–Crippen MR) is 127 cm³/mol. The number of hydrogen-bond donors (Lipinski definition) is 9. The van der Waals surface area contributed by atoms with Crippen LogP contribution in [0.1, 0.15) is 5.56 Å². The van der Waals surface area contributed by atoms with Gasteiger partial charge in [0.05, 0.1) is 13.2 Å². The van der Waals surface area contributed by atoms with Gasteiger partial charge in [-0.1, -0.05) is 30.3 Å². The Bertz CT molecular complexity index is 916. The Hall–Kier alpha value is -2.24. The SMILES string of the molecule is CNC(=O)C(Cc1ccccc1)(C(=O)NC)[C@@H]1O[C@H](CO)[C@@H](O[C@H]2O[C@H](CO)[C@@H](O)[C@H](O)[C@H]2O)[C@H](O)[C@H]1O. The first-order chi connectivity index (χ1) is 18.1. The van der Waals surface area contributed by atoms with E-state index in [1.54, 1.807) is 30.3 Å². The van der Waals surface area contributed by atoms with Crippen molar-refractivity contribution in [2.75, 3.05) is 27.3 Å². The first kappa shape index (κ1) is 30.3. The Morgan fingerprint density at radius 2 is 1.39 bits per heavy atom. The Kier molecular flexibility index (Phi) is 10.2. The van der Waals surface area contributed by atoms with Gasteiger partial charge in [0.15, 0.2) is 11.7 Å². The van der Waals surface area contributed by atoms with Crippen LogP contribution in [-0.2, 0) is 30.2 Å². The van der Waals surface area contributed by atoms with E-state index >= 15 is 0 Å². The molecule has 38 heavy (non-hydrogen) atoms. The maximum Gasteiger partial charge on any atom is 0.238 e. The second-order valence-electron chi connectivity index (χ2n) is 9.35. The van der Waals surface area contributed by atoms with Crippen LogP contribution < -0.4 is 10.6 Å². The van der Waals surface area contributed by atoms with Crippen molar-refractivity contribution in [3.8, 4) is 0 Å². The van der Waals surface area contributed by atoms with Crippen molar-refractivity contribution >= 4 is 11.8 Å². The molecule has 1 aromatic carbocycles. The second-order valence-corrected chi connectivity index (χ2v) is 9.35. The number of carbonyl (C=O) groups excluding carboxylic acids is 2. The molecule has 2 amide bonds. The summed E-state index contributed by atoms with van der Waals surface area (Å²) in [5.74, 6) is -1.64. The summed E-state index contributed by atoms with van der Waals surface area (Å²) in [5.41, 5.74) is -1.56. The fourth-order valence-electron chi connectivity index (χ4n) is 4.98. The van der Waals surface area contributed by atoms with Crippen LogP contribution in [0.25, 0.3) is 0 Å². The molecule has 10 atom stereocenters. The molecule has 2 fully saturated rings. The summed E-state index contributed by atoms with van der Waals surface area (Å²) < 4.78 is 16.8. The van der Waals surface area contributed by atoms with Gasteiger partial charge in [0.1, 0.15) is 54.9 Å². The molecule has 1 aromatic rings. The average molecular weight is 545 g/mol. The molecule has 0 unspecified atom stereocenters. The number of rotatable bonds is 9. The van der Waals surface area contributed by atoms with Gasteiger partial charge in [0.2, 0.25) is 11.8 Å². The van der Waals surface area contributed by atoms with Crippen molar-refractivity contribution in [3.05, 3.63) is 35.9 Å². The van der Waals surface area contributed by atoms with E-state index in [-0.39, 0.29) is 6.42 Å². The minimum absolute atomic E-state index is 0.238. The van der Waals surface area contributed by atoms with Gasteiger partial charge in [0, 0.05) is 14.1 Å². The van der Waals surface area contributed by atoms with Crippen molar-refractivity contribution in [2.45, 2.75) is 67.6 Å². The molecule has 9 N–H and O–H groups in total. The van der Waals surface area contributed by atoms with Gasteiger partial charge < -0.3 is 60.6 Å². The summed E-state index contributed by atoms with van der Waals surface area (Å²) >= 11 is 0. The largest absolute Gasteiger partial charge is 0.394 e. The molecular weight excluding hydrogens is 508 g/mol. The molecular formula is C24H36N2O12. The zero-order chi connectivity index (χ0) is 28.2. The van der Waals surface area contributed by atoms with Gasteiger partial charge in [-0.2, -0.15) is 0 Å². The lowest BCUT2D eigenvalue weighted by Crippen LogP contribution is -2.70. The van der Waals surface area contributed by atoms with Gasteiger partial charge in [-0.25, -0.2) is 0 Å². The molecule has 0 saturated carbocycles. The molecule has 0 bridgehead atoms. The number of aliphatic hydroxyl groups is 7. The summed E-state index contributed by atoms with van der Waals surface area (Å²) in [6.07, 6.45) is -17.1. The van der Waals surface area contributed by atoms with E-state index in [4.69, 9.17) is 14.2 Å². The third kappa shape index (κ3) is 5.56. The number of benzene rings is 1. The lowest BCUT2D eigenvalue weighted by molar-refractivity contribution is -0.345. The van der Waals surface area contributed by atoms with E-state index in [1.807, 2.05) is 0 Å². The quantitative estimate of drug-likeness (QED) is 0.134. The maximum atomic E-state index is 13.3. The lowest BCUT2D eigenvalue weighted by atomic mass is 9.70. The first-order valence-corrected chi connectivity index (χ1v) is 12.1. The Labute approximate surface area is 218 Å². The summed E-state index contributed by atoms with van der Waals surface area (Å²) in [6.45, 7) is -1.55. The number of ether oxygens (including phenoxy) is 3. The van der Waals surface area contributed by atoms with Crippen LogP contribution in [0.4, 0.5) is 0 Å². The Morgan fingerprint density at radius 3 is 1.92 bits per heavy atom. The molecule has 0 spiro atoms. The highest BCUT2D eigenvalue weighted by Crippen LogP contribution is 2.39. The average Bonchev–Trinajstić information content (AvgIpc) is 2.94. The molecule has 214 valence electrons. The summed E-state index contributed by atoms with van der Waals surface area (Å²) in [5, 5.41) is 77.0. The second kappa shape index (κ2) is 12.7. The monoisotopic (exact) mass is 544 g/mol. The fourth-order valence-corrected chi connectivity index (χ4v) is 4.98. The normalized spacial score (nSPS) is 35.9. The summed E-state index contributed by atoms with van der Waals surface area (Å²) in [6, 6.07) is 8.47. The van der Waals surface area contributed by atoms with Crippen molar-refractivity contribution in [1.82, 2.24) is 10.6 Å². The van der Waals surface area contributed by atoms with E-state index in [9.17, 15) is 45.3 Å². The minimum Gasteiger partial charge on any atom is -0.394 e.